The van der Waals surface area contributed by atoms with Crippen molar-refractivity contribution in [3.05, 3.63) is 17.8 Å². The van der Waals surface area contributed by atoms with E-state index in [9.17, 15) is 4.79 Å². The summed E-state index contributed by atoms with van der Waals surface area (Å²) < 4.78 is 5.07. The normalized spacial score (nSPS) is 10.5. The summed E-state index contributed by atoms with van der Waals surface area (Å²) in [5.74, 6) is 0.744. The van der Waals surface area contributed by atoms with E-state index in [1.165, 1.54) is 6.39 Å². The Balaban J connectivity index is 2.44. The Hall–Kier alpha value is -1.32. The molecule has 1 heterocycles. The fourth-order valence-electron chi connectivity index (χ4n) is 0.867. The molecule has 1 aromatic heterocycles. The van der Waals surface area contributed by atoms with Gasteiger partial charge < -0.3 is 9.73 Å². The van der Waals surface area contributed by atoms with E-state index < -0.39 is 0 Å². The van der Waals surface area contributed by atoms with E-state index in [2.05, 4.69) is 10.3 Å². The van der Waals surface area contributed by atoms with Crippen LogP contribution >= 0.6 is 0 Å². The molecule has 0 unspecified atom stereocenters. The molecule has 0 aromatic carbocycles. The molecule has 72 valence electrons. The minimum atomic E-state index is 0.00299. The zero-order valence-corrected chi connectivity index (χ0v) is 8.13. The lowest BCUT2D eigenvalue weighted by molar-refractivity contribution is -0.124. The van der Waals surface area contributed by atoms with Gasteiger partial charge in [-0.1, -0.05) is 13.8 Å². The molecular weight excluding hydrogens is 168 g/mol. The van der Waals surface area contributed by atoms with Crippen LogP contribution in [0.25, 0.3) is 0 Å². The number of oxazole rings is 1. The van der Waals surface area contributed by atoms with Gasteiger partial charge in [-0.15, -0.1) is 0 Å². The fraction of sp³-hybridized carbons (Fsp3) is 0.556. The number of hydrogen-bond donors (Lipinski definition) is 1. The Morgan fingerprint density at radius 3 is 2.85 bits per heavy atom. The molecule has 4 heteroatoms. The first-order valence-electron chi connectivity index (χ1n) is 4.28. The molecule has 0 aliphatic carbocycles. The maximum Gasteiger partial charge on any atom is 0.222 e. The van der Waals surface area contributed by atoms with Crippen molar-refractivity contribution in [1.29, 1.82) is 0 Å². The van der Waals surface area contributed by atoms with E-state index in [4.69, 9.17) is 4.42 Å². The lowest BCUT2D eigenvalue weighted by Gasteiger charge is -2.05. The van der Waals surface area contributed by atoms with Gasteiger partial charge in [-0.2, -0.15) is 0 Å². The van der Waals surface area contributed by atoms with Gasteiger partial charge in [0.2, 0.25) is 5.91 Å². The Bertz CT molecular complexity index is 292. The van der Waals surface area contributed by atoms with Crippen LogP contribution in [-0.2, 0) is 11.3 Å². The molecule has 0 saturated carbocycles. The van der Waals surface area contributed by atoms with Crippen molar-refractivity contribution >= 4 is 5.91 Å². The number of carbonyl (C=O) groups is 1. The zero-order valence-electron chi connectivity index (χ0n) is 8.13. The van der Waals surface area contributed by atoms with Gasteiger partial charge in [0.25, 0.3) is 0 Å². The summed E-state index contributed by atoms with van der Waals surface area (Å²) in [4.78, 5) is 15.1. The van der Waals surface area contributed by atoms with Crippen LogP contribution < -0.4 is 5.32 Å². The molecular formula is C9H14N2O2. The SMILES string of the molecule is Cc1ncoc1CNC(=O)C(C)C. The second kappa shape index (κ2) is 4.07. The summed E-state index contributed by atoms with van der Waals surface area (Å²) in [6.07, 6.45) is 1.38. The molecule has 0 bridgehead atoms. The molecule has 0 fully saturated rings. The molecule has 1 aromatic rings. The summed E-state index contributed by atoms with van der Waals surface area (Å²) in [5, 5.41) is 2.75. The molecule has 4 nitrogen and oxygen atoms in total. The minimum Gasteiger partial charge on any atom is -0.446 e. The summed E-state index contributed by atoms with van der Waals surface area (Å²) >= 11 is 0. The summed E-state index contributed by atoms with van der Waals surface area (Å²) in [6, 6.07) is 0. The summed E-state index contributed by atoms with van der Waals surface area (Å²) in [5.41, 5.74) is 0.823. The highest BCUT2D eigenvalue weighted by Gasteiger charge is 2.08. The number of carbonyl (C=O) groups excluding carboxylic acids is 1. The van der Waals surface area contributed by atoms with Crippen molar-refractivity contribution in [2.45, 2.75) is 27.3 Å². The van der Waals surface area contributed by atoms with Crippen LogP contribution in [0, 0.1) is 12.8 Å². The molecule has 0 saturated heterocycles. The van der Waals surface area contributed by atoms with Crippen molar-refractivity contribution in [3.63, 3.8) is 0 Å². The van der Waals surface area contributed by atoms with Gasteiger partial charge in [-0.3, -0.25) is 4.79 Å². The third kappa shape index (κ3) is 2.57. The lowest BCUT2D eigenvalue weighted by atomic mass is 10.2. The van der Waals surface area contributed by atoms with E-state index in [0.717, 1.165) is 5.69 Å². The molecule has 0 spiro atoms. The third-order valence-electron chi connectivity index (χ3n) is 1.79. The van der Waals surface area contributed by atoms with Crippen LogP contribution in [0.2, 0.25) is 0 Å². The van der Waals surface area contributed by atoms with E-state index in [-0.39, 0.29) is 11.8 Å². The maximum absolute atomic E-state index is 11.2. The van der Waals surface area contributed by atoms with E-state index in [0.29, 0.717) is 12.3 Å². The number of nitrogens with zero attached hydrogens (tertiary/aromatic N) is 1. The molecule has 0 aliphatic rings. The van der Waals surface area contributed by atoms with Gasteiger partial charge in [-0.05, 0) is 6.92 Å². The minimum absolute atomic E-state index is 0.00299. The summed E-state index contributed by atoms with van der Waals surface area (Å²) in [6.45, 7) is 5.97. The van der Waals surface area contributed by atoms with E-state index in [1.54, 1.807) is 0 Å². The van der Waals surface area contributed by atoms with Crippen LogP contribution in [0.1, 0.15) is 25.3 Å². The van der Waals surface area contributed by atoms with Crippen LogP contribution in [0.5, 0.6) is 0 Å². The van der Waals surface area contributed by atoms with Crippen LogP contribution in [0.15, 0.2) is 10.8 Å². The Labute approximate surface area is 77.3 Å². The number of nitrogens with one attached hydrogen (secondary N) is 1. The predicted octanol–water partition coefficient (Wildman–Crippen LogP) is 1.26. The number of hydrogen-bond acceptors (Lipinski definition) is 3. The Kier molecular flexibility index (Phi) is 3.06. The second-order valence-electron chi connectivity index (χ2n) is 3.23. The van der Waals surface area contributed by atoms with Crippen molar-refractivity contribution in [1.82, 2.24) is 10.3 Å². The van der Waals surface area contributed by atoms with E-state index in [1.807, 2.05) is 20.8 Å². The van der Waals surface area contributed by atoms with Gasteiger partial charge >= 0.3 is 0 Å². The zero-order chi connectivity index (χ0) is 9.84. The van der Waals surface area contributed by atoms with Gasteiger partial charge in [0.05, 0.1) is 12.2 Å². The Morgan fingerprint density at radius 2 is 2.38 bits per heavy atom. The molecule has 1 rings (SSSR count). The average Bonchev–Trinajstić information content (AvgIpc) is 2.47. The smallest absolute Gasteiger partial charge is 0.222 e. The highest BCUT2D eigenvalue weighted by molar-refractivity contribution is 5.77. The fourth-order valence-corrected chi connectivity index (χ4v) is 0.867. The topological polar surface area (TPSA) is 55.1 Å². The monoisotopic (exact) mass is 182 g/mol. The predicted molar refractivity (Wildman–Crippen MR) is 47.9 cm³/mol. The van der Waals surface area contributed by atoms with Gasteiger partial charge in [-0.25, -0.2) is 4.98 Å². The number of rotatable bonds is 3. The molecule has 1 amide bonds. The average molecular weight is 182 g/mol. The first-order valence-corrected chi connectivity index (χ1v) is 4.28. The largest absolute Gasteiger partial charge is 0.446 e. The highest BCUT2D eigenvalue weighted by atomic mass is 16.3. The molecule has 0 aliphatic heterocycles. The summed E-state index contributed by atoms with van der Waals surface area (Å²) in [7, 11) is 0. The third-order valence-corrected chi connectivity index (χ3v) is 1.79. The maximum atomic E-state index is 11.2. The quantitative estimate of drug-likeness (QED) is 0.765. The second-order valence-corrected chi connectivity index (χ2v) is 3.23. The molecule has 1 N–H and O–H groups in total. The molecule has 0 radical (unpaired) electrons. The van der Waals surface area contributed by atoms with Gasteiger partial charge in [0.1, 0.15) is 5.76 Å². The first-order chi connectivity index (χ1) is 6.11. The van der Waals surface area contributed by atoms with Crippen LogP contribution in [0.3, 0.4) is 0 Å². The standard InChI is InChI=1S/C9H14N2O2/c1-6(2)9(12)10-4-8-7(3)11-5-13-8/h5-6H,4H2,1-3H3,(H,10,12). The van der Waals surface area contributed by atoms with Crippen molar-refractivity contribution in [2.75, 3.05) is 0 Å². The Morgan fingerprint density at radius 1 is 1.69 bits per heavy atom. The van der Waals surface area contributed by atoms with Crippen LogP contribution in [-0.4, -0.2) is 10.9 Å². The van der Waals surface area contributed by atoms with Gasteiger partial charge in [0.15, 0.2) is 6.39 Å². The number of aromatic nitrogens is 1. The number of aryl methyl sites for hydroxylation is 1. The molecule has 13 heavy (non-hydrogen) atoms. The highest BCUT2D eigenvalue weighted by Crippen LogP contribution is 2.04. The van der Waals surface area contributed by atoms with Crippen LogP contribution in [0.4, 0.5) is 0 Å². The lowest BCUT2D eigenvalue weighted by Crippen LogP contribution is -2.27. The van der Waals surface area contributed by atoms with Crippen molar-refractivity contribution in [2.24, 2.45) is 5.92 Å². The van der Waals surface area contributed by atoms with E-state index >= 15 is 0 Å². The number of amides is 1. The molecule has 0 atom stereocenters. The van der Waals surface area contributed by atoms with Gasteiger partial charge in [0, 0.05) is 5.92 Å². The van der Waals surface area contributed by atoms with Crippen molar-refractivity contribution in [3.8, 4) is 0 Å². The van der Waals surface area contributed by atoms with Crippen molar-refractivity contribution < 1.29 is 9.21 Å². The first kappa shape index (κ1) is 9.77.